The van der Waals surface area contributed by atoms with E-state index in [1.165, 1.54) is 12.1 Å². The Bertz CT molecular complexity index is 491. The predicted octanol–water partition coefficient (Wildman–Crippen LogP) is 2.61. The average molecular weight is 275 g/mol. The van der Waals surface area contributed by atoms with Crippen LogP contribution in [0.15, 0.2) is 18.2 Å². The minimum Gasteiger partial charge on any atom is -0.300 e. The van der Waals surface area contributed by atoms with Gasteiger partial charge in [0, 0.05) is 31.2 Å². The van der Waals surface area contributed by atoms with Crippen LogP contribution in [0.1, 0.15) is 31.4 Å². The van der Waals surface area contributed by atoms with Crippen LogP contribution in [0, 0.1) is 17.1 Å². The molecular formula is C16H22FN3. The largest absolute Gasteiger partial charge is 0.300 e. The number of hydrogen-bond acceptors (Lipinski definition) is 3. The number of nitrogens with zero attached hydrogens (tertiary/aromatic N) is 3. The van der Waals surface area contributed by atoms with E-state index in [0.717, 1.165) is 32.6 Å². The minimum absolute atomic E-state index is 0.213. The lowest BCUT2D eigenvalue weighted by Gasteiger charge is -2.26. The highest BCUT2D eigenvalue weighted by atomic mass is 19.1. The number of benzene rings is 1. The van der Waals surface area contributed by atoms with Crippen LogP contribution in [-0.4, -0.2) is 42.0 Å². The van der Waals surface area contributed by atoms with Crippen molar-refractivity contribution < 1.29 is 4.39 Å². The smallest absolute Gasteiger partial charge is 0.127 e. The standard InChI is InChI=1S/C16H22FN3/c1-3-20(4-2)15-7-8-19(12-15)11-14-9-13(10-18)5-6-16(14)17/h5-6,9,15H,3-4,7-8,11-12H2,1-2H3. The molecule has 1 unspecified atom stereocenters. The second kappa shape index (κ2) is 6.83. The molecule has 0 amide bonds. The maximum atomic E-state index is 13.8. The zero-order valence-corrected chi connectivity index (χ0v) is 12.3. The lowest BCUT2D eigenvalue weighted by Crippen LogP contribution is -2.37. The highest BCUT2D eigenvalue weighted by Crippen LogP contribution is 2.19. The zero-order chi connectivity index (χ0) is 14.5. The lowest BCUT2D eigenvalue weighted by atomic mass is 10.1. The van der Waals surface area contributed by atoms with Crippen LogP contribution >= 0.6 is 0 Å². The van der Waals surface area contributed by atoms with Crippen LogP contribution in [0.5, 0.6) is 0 Å². The first-order valence-corrected chi connectivity index (χ1v) is 7.32. The Morgan fingerprint density at radius 1 is 1.40 bits per heavy atom. The lowest BCUT2D eigenvalue weighted by molar-refractivity contribution is 0.208. The van der Waals surface area contributed by atoms with Crippen molar-refractivity contribution in [1.82, 2.24) is 9.80 Å². The third-order valence-electron chi connectivity index (χ3n) is 4.15. The van der Waals surface area contributed by atoms with Gasteiger partial charge in [0.1, 0.15) is 5.82 Å². The van der Waals surface area contributed by atoms with Crippen LogP contribution in [0.4, 0.5) is 4.39 Å². The molecule has 1 aromatic rings. The molecule has 0 aliphatic carbocycles. The second-order valence-electron chi connectivity index (χ2n) is 5.32. The normalized spacial score (nSPS) is 19.4. The molecule has 0 aromatic heterocycles. The molecule has 2 rings (SSSR count). The molecule has 1 aliphatic heterocycles. The molecule has 20 heavy (non-hydrogen) atoms. The predicted molar refractivity (Wildman–Crippen MR) is 77.7 cm³/mol. The Balaban J connectivity index is 2.00. The number of halogens is 1. The van der Waals surface area contributed by atoms with E-state index in [1.807, 2.05) is 0 Å². The first-order chi connectivity index (χ1) is 9.67. The molecule has 0 radical (unpaired) electrons. The highest BCUT2D eigenvalue weighted by Gasteiger charge is 2.26. The second-order valence-corrected chi connectivity index (χ2v) is 5.32. The fourth-order valence-electron chi connectivity index (χ4n) is 3.00. The third kappa shape index (κ3) is 3.36. The molecule has 1 aromatic carbocycles. The maximum absolute atomic E-state index is 13.8. The molecule has 4 heteroatoms. The highest BCUT2D eigenvalue weighted by molar-refractivity contribution is 5.33. The molecule has 1 heterocycles. The molecule has 1 fully saturated rings. The molecule has 1 aliphatic rings. The summed E-state index contributed by atoms with van der Waals surface area (Å²) in [5.41, 5.74) is 1.16. The van der Waals surface area contributed by atoms with Crippen LogP contribution in [0.3, 0.4) is 0 Å². The Labute approximate surface area is 120 Å². The van der Waals surface area contributed by atoms with E-state index in [-0.39, 0.29) is 5.82 Å². The van der Waals surface area contributed by atoms with E-state index in [9.17, 15) is 4.39 Å². The van der Waals surface area contributed by atoms with Gasteiger partial charge in [0.05, 0.1) is 11.6 Å². The van der Waals surface area contributed by atoms with E-state index in [1.54, 1.807) is 6.07 Å². The van der Waals surface area contributed by atoms with Crippen molar-refractivity contribution in [3.05, 3.63) is 35.1 Å². The summed E-state index contributed by atoms with van der Waals surface area (Å²) in [6, 6.07) is 7.24. The molecule has 0 N–H and O–H groups in total. The fraction of sp³-hybridized carbons (Fsp3) is 0.562. The van der Waals surface area contributed by atoms with Gasteiger partial charge in [0.2, 0.25) is 0 Å². The molecule has 0 saturated carbocycles. The van der Waals surface area contributed by atoms with Crippen molar-refractivity contribution in [2.24, 2.45) is 0 Å². The topological polar surface area (TPSA) is 30.3 Å². The van der Waals surface area contributed by atoms with Gasteiger partial charge in [-0.3, -0.25) is 9.80 Å². The van der Waals surface area contributed by atoms with Crippen molar-refractivity contribution >= 4 is 0 Å². The van der Waals surface area contributed by atoms with Crippen molar-refractivity contribution in [1.29, 1.82) is 5.26 Å². The first-order valence-electron chi connectivity index (χ1n) is 7.32. The summed E-state index contributed by atoms with van der Waals surface area (Å²) in [5.74, 6) is -0.213. The van der Waals surface area contributed by atoms with E-state index in [4.69, 9.17) is 5.26 Å². The van der Waals surface area contributed by atoms with Crippen molar-refractivity contribution in [3.8, 4) is 6.07 Å². The average Bonchev–Trinajstić information content (AvgIpc) is 2.91. The SMILES string of the molecule is CCN(CC)C1CCN(Cc2cc(C#N)ccc2F)C1. The Morgan fingerprint density at radius 2 is 2.15 bits per heavy atom. The molecule has 108 valence electrons. The number of rotatable bonds is 5. The van der Waals surface area contributed by atoms with Crippen LogP contribution in [0.2, 0.25) is 0 Å². The van der Waals surface area contributed by atoms with Gasteiger partial charge in [0.25, 0.3) is 0 Å². The van der Waals surface area contributed by atoms with Gasteiger partial charge in [-0.05, 0) is 37.7 Å². The third-order valence-corrected chi connectivity index (χ3v) is 4.15. The summed E-state index contributed by atoms with van der Waals surface area (Å²) in [7, 11) is 0. The summed E-state index contributed by atoms with van der Waals surface area (Å²) in [6.45, 7) is 9.07. The summed E-state index contributed by atoms with van der Waals surface area (Å²) in [6.07, 6.45) is 1.14. The molecule has 0 bridgehead atoms. The fourth-order valence-corrected chi connectivity index (χ4v) is 3.00. The van der Waals surface area contributed by atoms with E-state index in [0.29, 0.717) is 23.7 Å². The van der Waals surface area contributed by atoms with Gasteiger partial charge in [-0.1, -0.05) is 13.8 Å². The Kier molecular flexibility index (Phi) is 5.11. The monoisotopic (exact) mass is 275 g/mol. The first kappa shape index (κ1) is 15.0. The minimum atomic E-state index is -0.213. The van der Waals surface area contributed by atoms with Crippen molar-refractivity contribution in [3.63, 3.8) is 0 Å². The van der Waals surface area contributed by atoms with Crippen LogP contribution in [0.25, 0.3) is 0 Å². The summed E-state index contributed by atoms with van der Waals surface area (Å²) in [5, 5.41) is 8.90. The molecular weight excluding hydrogens is 253 g/mol. The number of likely N-dealkylation sites (N-methyl/N-ethyl adjacent to an activating group) is 1. The molecule has 0 spiro atoms. The van der Waals surface area contributed by atoms with Gasteiger partial charge in [-0.15, -0.1) is 0 Å². The van der Waals surface area contributed by atoms with Gasteiger partial charge in [-0.25, -0.2) is 4.39 Å². The van der Waals surface area contributed by atoms with Crippen LogP contribution in [-0.2, 0) is 6.54 Å². The van der Waals surface area contributed by atoms with E-state index in [2.05, 4.69) is 29.7 Å². The molecule has 1 atom stereocenters. The van der Waals surface area contributed by atoms with E-state index < -0.39 is 0 Å². The summed E-state index contributed by atoms with van der Waals surface area (Å²) >= 11 is 0. The van der Waals surface area contributed by atoms with Crippen LogP contribution < -0.4 is 0 Å². The van der Waals surface area contributed by atoms with Gasteiger partial charge in [-0.2, -0.15) is 5.26 Å². The Morgan fingerprint density at radius 3 is 2.80 bits per heavy atom. The Hall–Kier alpha value is -1.44. The van der Waals surface area contributed by atoms with Gasteiger partial charge < -0.3 is 0 Å². The number of likely N-dealkylation sites (tertiary alicyclic amines) is 1. The zero-order valence-electron chi connectivity index (χ0n) is 12.3. The number of hydrogen-bond donors (Lipinski definition) is 0. The summed E-state index contributed by atoms with van der Waals surface area (Å²) in [4.78, 5) is 4.74. The molecule has 3 nitrogen and oxygen atoms in total. The number of nitriles is 1. The molecule has 1 saturated heterocycles. The van der Waals surface area contributed by atoms with E-state index >= 15 is 0 Å². The quantitative estimate of drug-likeness (QED) is 0.827. The van der Waals surface area contributed by atoms with Crippen molar-refractivity contribution in [2.75, 3.05) is 26.2 Å². The maximum Gasteiger partial charge on any atom is 0.127 e. The van der Waals surface area contributed by atoms with Crippen molar-refractivity contribution in [2.45, 2.75) is 32.9 Å². The summed E-state index contributed by atoms with van der Waals surface area (Å²) < 4.78 is 13.8. The van der Waals surface area contributed by atoms with Gasteiger partial charge in [0.15, 0.2) is 0 Å². The van der Waals surface area contributed by atoms with Gasteiger partial charge >= 0.3 is 0 Å².